The summed E-state index contributed by atoms with van der Waals surface area (Å²) >= 11 is 0. The van der Waals surface area contributed by atoms with Gasteiger partial charge in [-0.05, 0) is 30.5 Å². The van der Waals surface area contributed by atoms with Gasteiger partial charge in [-0.15, -0.1) is 0 Å². The van der Waals surface area contributed by atoms with Crippen molar-refractivity contribution in [2.24, 2.45) is 0 Å². The number of ether oxygens (including phenoxy) is 1. The summed E-state index contributed by atoms with van der Waals surface area (Å²) < 4.78 is 18.8. The van der Waals surface area contributed by atoms with Gasteiger partial charge in [-0.2, -0.15) is 0 Å². The lowest BCUT2D eigenvalue weighted by molar-refractivity contribution is 0.0692. The molecule has 5 heteroatoms. The molecular formula is C13H16FNO3. The largest absolute Gasteiger partial charge is 0.478 e. The monoisotopic (exact) mass is 253 g/mol. The molecule has 1 atom stereocenters. The van der Waals surface area contributed by atoms with Gasteiger partial charge in [0.25, 0.3) is 0 Å². The number of hydrogen-bond donors (Lipinski definition) is 2. The van der Waals surface area contributed by atoms with E-state index in [1.807, 2.05) is 0 Å². The molecule has 0 radical (unpaired) electrons. The topological polar surface area (TPSA) is 58.6 Å². The third-order valence-electron chi connectivity index (χ3n) is 2.99. The average Bonchev–Trinajstić information content (AvgIpc) is 2.81. The Hall–Kier alpha value is -1.46. The van der Waals surface area contributed by atoms with E-state index in [1.165, 1.54) is 12.1 Å². The summed E-state index contributed by atoms with van der Waals surface area (Å²) in [5.74, 6) is -1.94. The number of carboxylic acids is 1. The van der Waals surface area contributed by atoms with Crippen molar-refractivity contribution in [3.63, 3.8) is 0 Å². The molecule has 0 aromatic heterocycles. The van der Waals surface area contributed by atoms with Crippen LogP contribution in [0.15, 0.2) is 18.2 Å². The Bertz CT molecular complexity index is 430. The summed E-state index contributed by atoms with van der Waals surface area (Å²) in [6, 6.07) is 4.17. The van der Waals surface area contributed by atoms with Crippen LogP contribution in [-0.2, 0) is 11.3 Å². The molecule has 0 aliphatic carbocycles. The highest BCUT2D eigenvalue weighted by Crippen LogP contribution is 2.12. The van der Waals surface area contributed by atoms with Gasteiger partial charge < -0.3 is 15.2 Å². The molecule has 0 saturated carbocycles. The van der Waals surface area contributed by atoms with E-state index >= 15 is 0 Å². The van der Waals surface area contributed by atoms with E-state index in [0.717, 1.165) is 31.6 Å². The zero-order valence-electron chi connectivity index (χ0n) is 9.99. The normalized spacial score (nSPS) is 19.1. The molecule has 1 unspecified atom stereocenters. The molecular weight excluding hydrogens is 237 g/mol. The van der Waals surface area contributed by atoms with Crippen molar-refractivity contribution in [3.05, 3.63) is 35.1 Å². The van der Waals surface area contributed by atoms with E-state index in [0.29, 0.717) is 6.54 Å². The molecule has 2 N–H and O–H groups in total. The number of hydrogen-bond acceptors (Lipinski definition) is 3. The maximum Gasteiger partial charge on any atom is 0.338 e. The third-order valence-corrected chi connectivity index (χ3v) is 2.99. The van der Waals surface area contributed by atoms with Gasteiger partial charge in [0.2, 0.25) is 0 Å². The fourth-order valence-corrected chi connectivity index (χ4v) is 2.02. The van der Waals surface area contributed by atoms with Gasteiger partial charge in [0.1, 0.15) is 5.82 Å². The molecule has 0 bridgehead atoms. The van der Waals surface area contributed by atoms with E-state index in [1.54, 1.807) is 6.07 Å². The number of aromatic carboxylic acids is 1. The van der Waals surface area contributed by atoms with Gasteiger partial charge in [-0.3, -0.25) is 0 Å². The summed E-state index contributed by atoms with van der Waals surface area (Å²) in [4.78, 5) is 10.6. The van der Waals surface area contributed by atoms with E-state index in [9.17, 15) is 9.18 Å². The quantitative estimate of drug-likeness (QED) is 0.840. The summed E-state index contributed by atoms with van der Waals surface area (Å²) in [7, 11) is 0. The van der Waals surface area contributed by atoms with Crippen molar-refractivity contribution in [2.45, 2.75) is 25.5 Å². The third kappa shape index (κ3) is 3.27. The SMILES string of the molecule is O=C(O)c1ccc(CNCC2CCCO2)cc1F. The number of carbonyl (C=O) groups is 1. The second-order valence-corrected chi connectivity index (χ2v) is 4.39. The standard InChI is InChI=1S/C13H16FNO3/c14-12-6-9(3-4-11(12)13(16)17)7-15-8-10-2-1-5-18-10/h3-4,6,10,15H,1-2,5,7-8H2,(H,16,17). The zero-order valence-corrected chi connectivity index (χ0v) is 9.99. The number of benzene rings is 1. The molecule has 2 rings (SSSR count). The first-order chi connectivity index (χ1) is 8.66. The van der Waals surface area contributed by atoms with Gasteiger partial charge in [-0.25, -0.2) is 9.18 Å². The van der Waals surface area contributed by atoms with Crippen LogP contribution in [0.3, 0.4) is 0 Å². The Kier molecular flexibility index (Phi) is 4.28. The Morgan fingerprint density at radius 3 is 3.00 bits per heavy atom. The average molecular weight is 253 g/mol. The van der Waals surface area contributed by atoms with Gasteiger partial charge in [0.15, 0.2) is 0 Å². The first kappa shape index (κ1) is 13.0. The summed E-state index contributed by atoms with van der Waals surface area (Å²) in [6.07, 6.45) is 2.39. The van der Waals surface area contributed by atoms with Crippen LogP contribution in [0.4, 0.5) is 4.39 Å². The highest BCUT2D eigenvalue weighted by atomic mass is 19.1. The van der Waals surface area contributed by atoms with E-state index in [4.69, 9.17) is 9.84 Å². The maximum absolute atomic E-state index is 13.4. The van der Waals surface area contributed by atoms with Crippen molar-refractivity contribution in [1.82, 2.24) is 5.32 Å². The number of rotatable bonds is 5. The molecule has 98 valence electrons. The molecule has 1 aliphatic rings. The molecule has 4 nitrogen and oxygen atoms in total. The van der Waals surface area contributed by atoms with Crippen LogP contribution in [0.1, 0.15) is 28.8 Å². The fourth-order valence-electron chi connectivity index (χ4n) is 2.02. The first-order valence-electron chi connectivity index (χ1n) is 6.01. The number of halogens is 1. The molecule has 0 spiro atoms. The highest BCUT2D eigenvalue weighted by molar-refractivity contribution is 5.87. The Balaban J connectivity index is 1.85. The minimum absolute atomic E-state index is 0.244. The van der Waals surface area contributed by atoms with Crippen molar-refractivity contribution >= 4 is 5.97 Å². The molecule has 1 heterocycles. The van der Waals surface area contributed by atoms with E-state index < -0.39 is 11.8 Å². The van der Waals surface area contributed by atoms with Crippen LogP contribution >= 0.6 is 0 Å². The zero-order chi connectivity index (χ0) is 13.0. The molecule has 1 saturated heterocycles. The highest BCUT2D eigenvalue weighted by Gasteiger charge is 2.15. The van der Waals surface area contributed by atoms with Gasteiger partial charge in [-0.1, -0.05) is 6.07 Å². The molecule has 1 aromatic rings. The first-order valence-corrected chi connectivity index (χ1v) is 6.01. The second-order valence-electron chi connectivity index (χ2n) is 4.39. The predicted octanol–water partition coefficient (Wildman–Crippen LogP) is 1.79. The number of carboxylic acid groups (broad SMARTS) is 1. The molecule has 1 fully saturated rings. The summed E-state index contributed by atoms with van der Waals surface area (Å²) in [6.45, 7) is 2.06. The molecule has 1 aromatic carbocycles. The lowest BCUT2D eigenvalue weighted by Crippen LogP contribution is -2.25. The van der Waals surface area contributed by atoms with E-state index in [-0.39, 0.29) is 11.7 Å². The predicted molar refractivity (Wildman–Crippen MR) is 64.0 cm³/mol. The van der Waals surface area contributed by atoms with Gasteiger partial charge in [0, 0.05) is 19.7 Å². The van der Waals surface area contributed by atoms with Crippen LogP contribution < -0.4 is 5.32 Å². The molecule has 0 amide bonds. The van der Waals surface area contributed by atoms with Gasteiger partial charge in [0.05, 0.1) is 11.7 Å². The summed E-state index contributed by atoms with van der Waals surface area (Å²) in [5, 5.41) is 11.9. The Morgan fingerprint density at radius 2 is 2.39 bits per heavy atom. The van der Waals surface area contributed by atoms with Crippen molar-refractivity contribution < 1.29 is 19.0 Å². The lowest BCUT2D eigenvalue weighted by atomic mass is 10.1. The minimum atomic E-state index is -1.24. The van der Waals surface area contributed by atoms with Crippen LogP contribution in [0.25, 0.3) is 0 Å². The van der Waals surface area contributed by atoms with Crippen LogP contribution in [0, 0.1) is 5.82 Å². The smallest absolute Gasteiger partial charge is 0.338 e. The second kappa shape index (κ2) is 5.93. The maximum atomic E-state index is 13.4. The fraction of sp³-hybridized carbons (Fsp3) is 0.462. The summed E-state index contributed by atoms with van der Waals surface area (Å²) in [5.41, 5.74) is 0.438. The van der Waals surface area contributed by atoms with Crippen LogP contribution in [0.5, 0.6) is 0 Å². The van der Waals surface area contributed by atoms with E-state index in [2.05, 4.69) is 5.32 Å². The Labute approximate surface area is 105 Å². The van der Waals surface area contributed by atoms with Crippen molar-refractivity contribution in [3.8, 4) is 0 Å². The number of nitrogens with one attached hydrogen (secondary N) is 1. The minimum Gasteiger partial charge on any atom is -0.478 e. The van der Waals surface area contributed by atoms with Crippen LogP contribution in [-0.4, -0.2) is 30.3 Å². The Morgan fingerprint density at radius 1 is 1.56 bits per heavy atom. The van der Waals surface area contributed by atoms with Crippen LogP contribution in [0.2, 0.25) is 0 Å². The van der Waals surface area contributed by atoms with Gasteiger partial charge >= 0.3 is 5.97 Å². The molecule has 1 aliphatic heterocycles. The van der Waals surface area contributed by atoms with Crippen molar-refractivity contribution in [1.29, 1.82) is 0 Å². The van der Waals surface area contributed by atoms with Crippen molar-refractivity contribution in [2.75, 3.05) is 13.2 Å². The lowest BCUT2D eigenvalue weighted by Gasteiger charge is -2.11. The molecule has 18 heavy (non-hydrogen) atoms.